The molecule has 0 saturated heterocycles. The number of carbonyl (C=O) groups is 1. The van der Waals surface area contributed by atoms with Gasteiger partial charge < -0.3 is 23.9 Å². The fourth-order valence-corrected chi connectivity index (χ4v) is 3.40. The van der Waals surface area contributed by atoms with Gasteiger partial charge in [0.15, 0.2) is 0 Å². The average Bonchev–Trinajstić information content (AvgIpc) is 3.17. The molecule has 3 aromatic rings. The monoisotopic (exact) mass is 397 g/mol. The van der Waals surface area contributed by atoms with Crippen LogP contribution in [0, 0.1) is 6.92 Å². The van der Waals surface area contributed by atoms with Crippen LogP contribution in [0.1, 0.15) is 29.2 Å². The Morgan fingerprint density at radius 3 is 2.55 bits per heavy atom. The van der Waals surface area contributed by atoms with Crippen molar-refractivity contribution in [3.05, 3.63) is 59.5 Å². The van der Waals surface area contributed by atoms with Gasteiger partial charge in [-0.2, -0.15) is 0 Å². The van der Waals surface area contributed by atoms with Gasteiger partial charge in [0, 0.05) is 44.5 Å². The van der Waals surface area contributed by atoms with E-state index in [9.17, 15) is 4.79 Å². The molecule has 3 rings (SSSR count). The molecule has 7 nitrogen and oxygen atoms in total. The molecule has 0 fully saturated rings. The Hall–Kier alpha value is -3.06. The van der Waals surface area contributed by atoms with Crippen molar-refractivity contribution in [1.82, 2.24) is 14.7 Å². The number of benzene rings is 1. The molecule has 0 aliphatic carbocycles. The first-order valence-electron chi connectivity index (χ1n) is 9.48. The third-order valence-corrected chi connectivity index (χ3v) is 4.91. The van der Waals surface area contributed by atoms with Crippen LogP contribution < -0.4 is 14.8 Å². The van der Waals surface area contributed by atoms with Gasteiger partial charge in [0.05, 0.1) is 26.5 Å². The highest BCUT2D eigenvalue weighted by Crippen LogP contribution is 2.34. The summed E-state index contributed by atoms with van der Waals surface area (Å²) in [5.41, 5.74) is 3.81. The number of hydrogen-bond donors (Lipinski definition) is 1. The second-order valence-corrected chi connectivity index (χ2v) is 6.81. The first-order valence-corrected chi connectivity index (χ1v) is 9.48. The van der Waals surface area contributed by atoms with Crippen LogP contribution in [-0.4, -0.2) is 49.8 Å². The van der Waals surface area contributed by atoms with Crippen molar-refractivity contribution in [2.24, 2.45) is 0 Å². The normalized spacial score (nSPS) is 12.0. The summed E-state index contributed by atoms with van der Waals surface area (Å²) >= 11 is 0. The predicted octanol–water partition coefficient (Wildman–Crippen LogP) is 2.94. The molecule has 0 aliphatic rings. The van der Waals surface area contributed by atoms with Crippen LogP contribution in [0.3, 0.4) is 0 Å². The van der Waals surface area contributed by atoms with E-state index in [0.717, 1.165) is 22.5 Å². The van der Waals surface area contributed by atoms with Crippen LogP contribution in [0.5, 0.6) is 11.5 Å². The molecule has 154 valence electrons. The van der Waals surface area contributed by atoms with Gasteiger partial charge >= 0.3 is 0 Å². The quantitative estimate of drug-likeness (QED) is 0.562. The minimum Gasteiger partial charge on any atom is -0.497 e. The summed E-state index contributed by atoms with van der Waals surface area (Å²) in [6, 6.07) is 9.69. The zero-order valence-electron chi connectivity index (χ0n) is 17.3. The van der Waals surface area contributed by atoms with Crippen LogP contribution in [-0.2, 0) is 9.53 Å². The highest BCUT2D eigenvalue weighted by molar-refractivity contribution is 5.77. The molecule has 1 aromatic carbocycles. The lowest BCUT2D eigenvalue weighted by molar-refractivity contribution is -0.121. The number of methoxy groups -OCH3 is 3. The van der Waals surface area contributed by atoms with Crippen molar-refractivity contribution in [1.29, 1.82) is 0 Å². The molecule has 2 aromatic heterocycles. The van der Waals surface area contributed by atoms with E-state index in [0.29, 0.717) is 24.7 Å². The highest BCUT2D eigenvalue weighted by Gasteiger charge is 2.23. The topological polar surface area (TPSA) is 74.1 Å². The molecule has 0 aliphatic heterocycles. The Morgan fingerprint density at radius 2 is 1.90 bits per heavy atom. The van der Waals surface area contributed by atoms with Crippen molar-refractivity contribution in [3.8, 4) is 11.5 Å². The van der Waals surface area contributed by atoms with Gasteiger partial charge in [-0.05, 0) is 36.2 Å². The predicted molar refractivity (Wildman–Crippen MR) is 111 cm³/mol. The van der Waals surface area contributed by atoms with Crippen molar-refractivity contribution >= 4 is 11.6 Å². The summed E-state index contributed by atoms with van der Waals surface area (Å²) in [6.45, 7) is 2.96. The zero-order chi connectivity index (χ0) is 20.8. The molecule has 0 bridgehead atoms. The second-order valence-electron chi connectivity index (χ2n) is 6.81. The Balaban J connectivity index is 2.04. The number of aromatic nitrogens is 2. The lowest BCUT2D eigenvalue weighted by Gasteiger charge is -2.19. The maximum atomic E-state index is 12.6. The van der Waals surface area contributed by atoms with E-state index in [1.165, 1.54) is 0 Å². The number of rotatable bonds is 9. The van der Waals surface area contributed by atoms with Crippen LogP contribution in [0.15, 0.2) is 42.7 Å². The molecule has 29 heavy (non-hydrogen) atoms. The van der Waals surface area contributed by atoms with E-state index in [1.807, 2.05) is 54.0 Å². The number of fused-ring (bicyclic) bond motifs is 1. The maximum Gasteiger partial charge on any atom is 0.221 e. The van der Waals surface area contributed by atoms with E-state index < -0.39 is 0 Å². The number of amides is 1. The number of pyridine rings is 1. The molecule has 0 spiro atoms. The molecule has 1 amide bonds. The number of aryl methyl sites for hydroxylation is 1. The molecule has 1 N–H and O–H groups in total. The number of imidazole rings is 1. The molecular weight excluding hydrogens is 370 g/mol. The summed E-state index contributed by atoms with van der Waals surface area (Å²) in [6.07, 6.45) is 4.07. The van der Waals surface area contributed by atoms with E-state index in [4.69, 9.17) is 14.2 Å². The third kappa shape index (κ3) is 4.68. The minimum atomic E-state index is -0.224. The Morgan fingerprint density at radius 1 is 1.17 bits per heavy atom. The average molecular weight is 397 g/mol. The SMILES string of the molecule is COCCNC(=O)CC(c1cc(OC)cc(OC)c1)c1cnc2c(C)cccn12. The van der Waals surface area contributed by atoms with Gasteiger partial charge in [0.1, 0.15) is 17.1 Å². The number of ether oxygens (including phenoxy) is 3. The van der Waals surface area contributed by atoms with Crippen molar-refractivity contribution in [2.45, 2.75) is 19.3 Å². The lowest BCUT2D eigenvalue weighted by Crippen LogP contribution is -2.28. The number of carbonyl (C=O) groups excluding carboxylic acids is 1. The summed E-state index contributed by atoms with van der Waals surface area (Å²) < 4.78 is 17.9. The molecule has 1 atom stereocenters. The first-order chi connectivity index (χ1) is 14.1. The maximum absolute atomic E-state index is 12.6. The van der Waals surface area contributed by atoms with Crippen LogP contribution in [0.25, 0.3) is 5.65 Å². The van der Waals surface area contributed by atoms with Gasteiger partial charge in [0.25, 0.3) is 0 Å². The van der Waals surface area contributed by atoms with Crippen LogP contribution in [0.4, 0.5) is 0 Å². The van der Waals surface area contributed by atoms with Gasteiger partial charge in [-0.3, -0.25) is 4.79 Å². The lowest BCUT2D eigenvalue weighted by atomic mass is 9.91. The van der Waals surface area contributed by atoms with E-state index in [2.05, 4.69) is 10.3 Å². The summed E-state index contributed by atoms with van der Waals surface area (Å²) in [4.78, 5) is 17.2. The fraction of sp³-hybridized carbons (Fsp3) is 0.364. The van der Waals surface area contributed by atoms with Crippen LogP contribution in [0.2, 0.25) is 0 Å². The number of hydrogen-bond acceptors (Lipinski definition) is 5. The first kappa shape index (κ1) is 20.7. The number of nitrogens with zero attached hydrogens (tertiary/aromatic N) is 2. The molecule has 0 radical (unpaired) electrons. The van der Waals surface area contributed by atoms with E-state index in [-0.39, 0.29) is 18.2 Å². The Kier molecular flexibility index (Phi) is 6.72. The van der Waals surface area contributed by atoms with Crippen molar-refractivity contribution in [2.75, 3.05) is 34.5 Å². The molecule has 2 heterocycles. The molecule has 0 saturated carbocycles. The minimum absolute atomic E-state index is 0.0589. The van der Waals surface area contributed by atoms with Crippen LogP contribution >= 0.6 is 0 Å². The Bertz CT molecular complexity index is 961. The Labute approximate surface area is 170 Å². The van der Waals surface area contributed by atoms with Gasteiger partial charge in [-0.15, -0.1) is 0 Å². The van der Waals surface area contributed by atoms with E-state index in [1.54, 1.807) is 21.3 Å². The second kappa shape index (κ2) is 9.43. The fourth-order valence-electron chi connectivity index (χ4n) is 3.40. The third-order valence-electron chi connectivity index (χ3n) is 4.91. The summed E-state index contributed by atoms with van der Waals surface area (Å²) in [5, 5.41) is 2.91. The molecular formula is C22H27N3O4. The molecule has 7 heteroatoms. The van der Waals surface area contributed by atoms with Gasteiger partial charge in [-0.25, -0.2) is 4.98 Å². The smallest absolute Gasteiger partial charge is 0.221 e. The zero-order valence-corrected chi connectivity index (χ0v) is 17.3. The summed E-state index contributed by atoms with van der Waals surface area (Å²) in [7, 11) is 4.84. The highest BCUT2D eigenvalue weighted by atomic mass is 16.5. The van der Waals surface area contributed by atoms with Gasteiger partial charge in [-0.1, -0.05) is 6.07 Å². The molecule has 1 unspecified atom stereocenters. The van der Waals surface area contributed by atoms with Crippen molar-refractivity contribution in [3.63, 3.8) is 0 Å². The van der Waals surface area contributed by atoms with Crippen molar-refractivity contribution < 1.29 is 19.0 Å². The summed E-state index contributed by atoms with van der Waals surface area (Å²) in [5.74, 6) is 1.07. The van der Waals surface area contributed by atoms with Gasteiger partial charge in [0.2, 0.25) is 5.91 Å². The van der Waals surface area contributed by atoms with E-state index >= 15 is 0 Å². The standard InChI is InChI=1S/C22H27N3O4/c1-15-6-5-8-25-20(14-24-22(15)25)19(13-21(26)23-7-9-27-2)16-10-17(28-3)12-18(11-16)29-4/h5-6,8,10-12,14,19H,7,9,13H2,1-4H3,(H,23,26). The largest absolute Gasteiger partial charge is 0.497 e. The number of nitrogens with one attached hydrogen (secondary N) is 1.